The fourth-order valence-corrected chi connectivity index (χ4v) is 2.19. The SMILES string of the molecule is Cc1ccc(C(N)Cc2ccc(Br)cn2)c(C)n1. The maximum absolute atomic E-state index is 6.22. The normalized spacial score (nSPS) is 12.4. The third-order valence-electron chi connectivity index (χ3n) is 2.88. The number of nitrogens with zero attached hydrogens (tertiary/aromatic N) is 2. The molecule has 0 amide bonds. The van der Waals surface area contributed by atoms with Gasteiger partial charge in [-0.3, -0.25) is 9.97 Å². The molecular weight excluding hydrogens is 290 g/mol. The highest BCUT2D eigenvalue weighted by Gasteiger charge is 2.11. The summed E-state index contributed by atoms with van der Waals surface area (Å²) >= 11 is 3.37. The van der Waals surface area contributed by atoms with Crippen molar-refractivity contribution in [2.24, 2.45) is 5.73 Å². The molecule has 18 heavy (non-hydrogen) atoms. The van der Waals surface area contributed by atoms with Gasteiger partial charge in [-0.25, -0.2) is 0 Å². The van der Waals surface area contributed by atoms with E-state index in [4.69, 9.17) is 5.73 Å². The van der Waals surface area contributed by atoms with Crippen LogP contribution in [0.2, 0.25) is 0 Å². The smallest absolute Gasteiger partial charge is 0.0423 e. The zero-order valence-electron chi connectivity index (χ0n) is 10.5. The highest BCUT2D eigenvalue weighted by molar-refractivity contribution is 9.10. The van der Waals surface area contributed by atoms with E-state index < -0.39 is 0 Å². The van der Waals surface area contributed by atoms with Crippen molar-refractivity contribution in [3.05, 3.63) is 57.6 Å². The molecule has 2 N–H and O–H groups in total. The van der Waals surface area contributed by atoms with Crippen molar-refractivity contribution in [3.63, 3.8) is 0 Å². The van der Waals surface area contributed by atoms with Gasteiger partial charge in [0, 0.05) is 40.2 Å². The van der Waals surface area contributed by atoms with E-state index >= 15 is 0 Å². The van der Waals surface area contributed by atoms with Crippen molar-refractivity contribution >= 4 is 15.9 Å². The lowest BCUT2D eigenvalue weighted by atomic mass is 10.0. The molecule has 4 heteroatoms. The van der Waals surface area contributed by atoms with Crippen LogP contribution in [0.3, 0.4) is 0 Å². The monoisotopic (exact) mass is 305 g/mol. The Labute approximate surface area is 116 Å². The summed E-state index contributed by atoms with van der Waals surface area (Å²) in [7, 11) is 0. The molecule has 94 valence electrons. The molecule has 0 bridgehead atoms. The fraction of sp³-hybridized carbons (Fsp3) is 0.286. The van der Waals surface area contributed by atoms with Crippen molar-refractivity contribution < 1.29 is 0 Å². The summed E-state index contributed by atoms with van der Waals surface area (Å²) in [5.41, 5.74) is 10.3. The minimum Gasteiger partial charge on any atom is -0.324 e. The lowest BCUT2D eigenvalue weighted by Gasteiger charge is -2.14. The van der Waals surface area contributed by atoms with Gasteiger partial charge in [0.15, 0.2) is 0 Å². The molecule has 1 unspecified atom stereocenters. The second-order valence-corrected chi connectivity index (χ2v) is 5.32. The van der Waals surface area contributed by atoms with Crippen molar-refractivity contribution in [1.29, 1.82) is 0 Å². The van der Waals surface area contributed by atoms with Crippen molar-refractivity contribution in [3.8, 4) is 0 Å². The van der Waals surface area contributed by atoms with Gasteiger partial charge in [-0.1, -0.05) is 6.07 Å². The van der Waals surface area contributed by atoms with Crippen LogP contribution in [0, 0.1) is 13.8 Å². The molecule has 3 nitrogen and oxygen atoms in total. The first kappa shape index (κ1) is 13.2. The molecule has 0 aromatic carbocycles. The van der Waals surface area contributed by atoms with Crippen LogP contribution in [-0.2, 0) is 6.42 Å². The first-order valence-corrected chi connectivity index (χ1v) is 6.65. The van der Waals surface area contributed by atoms with Gasteiger partial charge in [-0.05, 0) is 53.5 Å². The molecule has 1 atom stereocenters. The maximum Gasteiger partial charge on any atom is 0.0423 e. The molecule has 0 radical (unpaired) electrons. The summed E-state index contributed by atoms with van der Waals surface area (Å²) < 4.78 is 0.980. The van der Waals surface area contributed by atoms with E-state index in [0.717, 1.165) is 33.5 Å². The van der Waals surface area contributed by atoms with Gasteiger partial charge in [-0.15, -0.1) is 0 Å². The Bertz CT molecular complexity index is 537. The van der Waals surface area contributed by atoms with Crippen LogP contribution in [0.25, 0.3) is 0 Å². The van der Waals surface area contributed by atoms with E-state index in [1.165, 1.54) is 0 Å². The number of hydrogen-bond donors (Lipinski definition) is 1. The average molecular weight is 306 g/mol. The molecule has 0 aliphatic rings. The molecule has 0 aliphatic heterocycles. The van der Waals surface area contributed by atoms with Crippen LogP contribution in [-0.4, -0.2) is 9.97 Å². The van der Waals surface area contributed by atoms with Gasteiger partial charge in [0.1, 0.15) is 0 Å². The van der Waals surface area contributed by atoms with E-state index in [-0.39, 0.29) is 6.04 Å². The number of rotatable bonds is 3. The number of halogens is 1. The van der Waals surface area contributed by atoms with Crippen LogP contribution in [0.4, 0.5) is 0 Å². The zero-order chi connectivity index (χ0) is 13.1. The van der Waals surface area contributed by atoms with Crippen LogP contribution < -0.4 is 5.73 Å². The van der Waals surface area contributed by atoms with Gasteiger partial charge >= 0.3 is 0 Å². The van der Waals surface area contributed by atoms with Gasteiger partial charge in [-0.2, -0.15) is 0 Å². The molecule has 2 heterocycles. The van der Waals surface area contributed by atoms with Crippen molar-refractivity contribution in [2.45, 2.75) is 26.3 Å². The summed E-state index contributed by atoms with van der Waals surface area (Å²) in [6, 6.07) is 7.96. The first-order chi connectivity index (χ1) is 8.56. The average Bonchev–Trinajstić information content (AvgIpc) is 2.32. The number of aryl methyl sites for hydroxylation is 2. The minimum atomic E-state index is -0.0632. The van der Waals surface area contributed by atoms with Gasteiger partial charge in [0.05, 0.1) is 0 Å². The minimum absolute atomic E-state index is 0.0632. The molecule has 0 saturated heterocycles. The third kappa shape index (κ3) is 3.15. The second-order valence-electron chi connectivity index (χ2n) is 4.41. The van der Waals surface area contributed by atoms with Crippen LogP contribution >= 0.6 is 15.9 Å². The van der Waals surface area contributed by atoms with E-state index in [0.29, 0.717) is 0 Å². The summed E-state index contributed by atoms with van der Waals surface area (Å²) in [4.78, 5) is 8.79. The van der Waals surface area contributed by atoms with E-state index in [1.54, 1.807) is 6.20 Å². The van der Waals surface area contributed by atoms with Crippen LogP contribution in [0.5, 0.6) is 0 Å². The Kier molecular flexibility index (Phi) is 4.09. The highest BCUT2D eigenvalue weighted by atomic mass is 79.9. The quantitative estimate of drug-likeness (QED) is 0.948. The summed E-state index contributed by atoms with van der Waals surface area (Å²) in [5, 5.41) is 0. The fourth-order valence-electron chi connectivity index (χ4n) is 1.95. The van der Waals surface area contributed by atoms with Crippen LogP contribution in [0.15, 0.2) is 34.9 Å². The molecular formula is C14H16BrN3. The standard InChI is InChI=1S/C14H16BrN3/c1-9-3-6-13(10(2)18-9)14(16)7-12-5-4-11(15)8-17-12/h3-6,8,14H,7,16H2,1-2H3. The molecule has 0 fully saturated rings. The number of aromatic nitrogens is 2. The van der Waals surface area contributed by atoms with Gasteiger partial charge in [0.2, 0.25) is 0 Å². The maximum atomic E-state index is 6.22. The topological polar surface area (TPSA) is 51.8 Å². The number of hydrogen-bond acceptors (Lipinski definition) is 3. The molecule has 0 saturated carbocycles. The first-order valence-electron chi connectivity index (χ1n) is 5.86. The Morgan fingerprint density at radius 3 is 2.61 bits per heavy atom. The lowest BCUT2D eigenvalue weighted by Crippen LogP contribution is -2.16. The summed E-state index contributed by atoms with van der Waals surface area (Å²) in [5.74, 6) is 0. The van der Waals surface area contributed by atoms with E-state index in [9.17, 15) is 0 Å². The largest absolute Gasteiger partial charge is 0.324 e. The Balaban J connectivity index is 2.16. The van der Waals surface area contributed by atoms with Gasteiger partial charge < -0.3 is 5.73 Å². The number of pyridine rings is 2. The second kappa shape index (κ2) is 5.59. The molecule has 2 aromatic heterocycles. The summed E-state index contributed by atoms with van der Waals surface area (Å²) in [6.45, 7) is 3.98. The molecule has 0 spiro atoms. The molecule has 2 aromatic rings. The third-order valence-corrected chi connectivity index (χ3v) is 3.35. The molecule has 2 rings (SSSR count). The zero-order valence-corrected chi connectivity index (χ0v) is 12.1. The van der Waals surface area contributed by atoms with E-state index in [2.05, 4.69) is 32.0 Å². The van der Waals surface area contributed by atoms with Crippen LogP contribution in [0.1, 0.15) is 28.7 Å². The summed E-state index contributed by atoms with van der Waals surface area (Å²) in [6.07, 6.45) is 2.52. The number of nitrogens with two attached hydrogens (primary N) is 1. The Morgan fingerprint density at radius 2 is 2.00 bits per heavy atom. The van der Waals surface area contributed by atoms with Crippen molar-refractivity contribution in [1.82, 2.24) is 9.97 Å². The van der Waals surface area contributed by atoms with Crippen molar-refractivity contribution in [2.75, 3.05) is 0 Å². The predicted molar refractivity (Wildman–Crippen MR) is 76.3 cm³/mol. The lowest BCUT2D eigenvalue weighted by molar-refractivity contribution is 0.695. The molecule has 0 aliphatic carbocycles. The Morgan fingerprint density at radius 1 is 1.22 bits per heavy atom. The van der Waals surface area contributed by atoms with E-state index in [1.807, 2.05) is 32.0 Å². The Hall–Kier alpha value is -1.26. The highest BCUT2D eigenvalue weighted by Crippen LogP contribution is 2.18. The van der Waals surface area contributed by atoms with Gasteiger partial charge in [0.25, 0.3) is 0 Å². The predicted octanol–water partition coefficient (Wildman–Crippen LogP) is 3.10.